The van der Waals surface area contributed by atoms with Crippen molar-refractivity contribution in [2.75, 3.05) is 31.9 Å². The Morgan fingerprint density at radius 2 is 1.85 bits per heavy atom. The van der Waals surface area contributed by atoms with E-state index in [2.05, 4.69) is 51.7 Å². The summed E-state index contributed by atoms with van der Waals surface area (Å²) in [5.74, 6) is 1.34. The van der Waals surface area contributed by atoms with Gasteiger partial charge in [-0.3, -0.25) is 9.69 Å². The van der Waals surface area contributed by atoms with Crippen molar-refractivity contribution in [2.24, 2.45) is 0 Å². The maximum absolute atomic E-state index is 12.8. The lowest BCUT2D eigenvalue weighted by atomic mass is 10.1. The van der Waals surface area contributed by atoms with Crippen molar-refractivity contribution < 1.29 is 4.79 Å². The molecule has 0 N–H and O–H groups in total. The zero-order chi connectivity index (χ0) is 23.2. The lowest BCUT2D eigenvalue weighted by Crippen LogP contribution is -2.48. The van der Waals surface area contributed by atoms with Gasteiger partial charge in [-0.1, -0.05) is 47.7 Å². The Labute approximate surface area is 199 Å². The maximum Gasteiger partial charge on any atom is 0.233 e. The van der Waals surface area contributed by atoms with E-state index in [-0.39, 0.29) is 5.91 Å². The molecular formula is C25H28N6OS. The van der Waals surface area contributed by atoms with E-state index in [1.807, 2.05) is 41.3 Å². The highest BCUT2D eigenvalue weighted by molar-refractivity contribution is 7.99. The van der Waals surface area contributed by atoms with Gasteiger partial charge in [-0.2, -0.15) is 5.26 Å². The van der Waals surface area contributed by atoms with E-state index in [0.29, 0.717) is 11.3 Å². The largest absolute Gasteiger partial charge is 0.339 e. The molecule has 0 unspecified atom stereocenters. The summed E-state index contributed by atoms with van der Waals surface area (Å²) in [6, 6.07) is 18.1. The lowest BCUT2D eigenvalue weighted by Gasteiger charge is -2.34. The molecule has 2 heterocycles. The highest BCUT2D eigenvalue weighted by Gasteiger charge is 2.22. The third-order valence-electron chi connectivity index (χ3n) is 5.85. The first-order chi connectivity index (χ1) is 16.1. The fourth-order valence-electron chi connectivity index (χ4n) is 3.99. The van der Waals surface area contributed by atoms with Crippen molar-refractivity contribution in [3.8, 4) is 17.5 Å². The summed E-state index contributed by atoms with van der Waals surface area (Å²) in [6.45, 7) is 8.87. The van der Waals surface area contributed by atoms with E-state index in [1.54, 1.807) is 0 Å². The number of hydrogen-bond donors (Lipinski definition) is 0. The van der Waals surface area contributed by atoms with Gasteiger partial charge < -0.3 is 9.47 Å². The molecule has 2 aromatic carbocycles. The third kappa shape index (κ3) is 5.62. The van der Waals surface area contributed by atoms with E-state index in [4.69, 9.17) is 5.26 Å². The molecule has 1 aliphatic rings. The maximum atomic E-state index is 12.8. The van der Waals surface area contributed by atoms with Crippen LogP contribution in [0.15, 0.2) is 53.7 Å². The van der Waals surface area contributed by atoms with E-state index >= 15 is 0 Å². The smallest absolute Gasteiger partial charge is 0.233 e. The second-order valence-corrected chi connectivity index (χ2v) is 9.12. The van der Waals surface area contributed by atoms with Gasteiger partial charge in [0.2, 0.25) is 5.91 Å². The molecule has 1 fully saturated rings. The summed E-state index contributed by atoms with van der Waals surface area (Å²) in [5.41, 5.74) is 4.09. The molecule has 1 amide bonds. The van der Waals surface area contributed by atoms with Crippen LogP contribution in [0.2, 0.25) is 0 Å². The van der Waals surface area contributed by atoms with Crippen molar-refractivity contribution in [3.63, 3.8) is 0 Å². The number of benzene rings is 2. The number of piperazine rings is 1. The number of carbonyl (C=O) groups excluding carboxylic acids is 1. The van der Waals surface area contributed by atoms with E-state index < -0.39 is 0 Å². The van der Waals surface area contributed by atoms with Crippen LogP contribution in [0.25, 0.3) is 11.4 Å². The second-order valence-electron chi connectivity index (χ2n) is 8.17. The minimum atomic E-state index is 0.140. The molecule has 0 aliphatic carbocycles. The van der Waals surface area contributed by atoms with Crippen LogP contribution in [0.3, 0.4) is 0 Å². The van der Waals surface area contributed by atoms with E-state index in [9.17, 15) is 4.79 Å². The highest BCUT2D eigenvalue weighted by Crippen LogP contribution is 2.25. The van der Waals surface area contributed by atoms with Crippen LogP contribution in [-0.2, 0) is 17.9 Å². The van der Waals surface area contributed by atoms with Crippen LogP contribution < -0.4 is 0 Å². The first kappa shape index (κ1) is 23.0. The van der Waals surface area contributed by atoms with Gasteiger partial charge in [0.15, 0.2) is 11.0 Å². The van der Waals surface area contributed by atoms with E-state index in [1.165, 1.54) is 22.9 Å². The number of nitrogens with zero attached hydrogens (tertiary/aromatic N) is 6. The summed E-state index contributed by atoms with van der Waals surface area (Å²) in [6.07, 6.45) is 0. The molecule has 3 aromatic rings. The Morgan fingerprint density at radius 1 is 1.09 bits per heavy atom. The normalized spacial score (nSPS) is 14.3. The van der Waals surface area contributed by atoms with Gasteiger partial charge in [0, 0.05) is 44.8 Å². The molecule has 0 saturated carbocycles. The summed E-state index contributed by atoms with van der Waals surface area (Å²) in [7, 11) is 0. The zero-order valence-electron chi connectivity index (χ0n) is 19.1. The molecule has 0 radical (unpaired) electrons. The number of aromatic nitrogens is 3. The minimum Gasteiger partial charge on any atom is -0.339 e. The van der Waals surface area contributed by atoms with E-state index in [0.717, 1.165) is 55.8 Å². The average Bonchev–Trinajstić information content (AvgIpc) is 3.26. The van der Waals surface area contributed by atoms with Crippen LogP contribution >= 0.6 is 11.8 Å². The summed E-state index contributed by atoms with van der Waals surface area (Å²) < 4.78 is 2.07. The molecule has 170 valence electrons. The number of aryl methyl sites for hydroxylation is 1. The van der Waals surface area contributed by atoms with Gasteiger partial charge in [-0.05, 0) is 37.6 Å². The quantitative estimate of drug-likeness (QED) is 0.502. The van der Waals surface area contributed by atoms with Crippen LogP contribution in [0.1, 0.15) is 23.6 Å². The zero-order valence-corrected chi connectivity index (χ0v) is 19.9. The fraction of sp³-hybridized carbons (Fsp3) is 0.360. The monoisotopic (exact) mass is 460 g/mol. The predicted octanol–water partition coefficient (Wildman–Crippen LogP) is 3.58. The SMILES string of the molecule is CCn1c(SCC(=O)N2CCN(Cc3ccc(C#N)cc3)CC2)nnc1-c1cccc(C)c1. The van der Waals surface area contributed by atoms with Crippen molar-refractivity contribution in [2.45, 2.75) is 32.1 Å². The fourth-order valence-corrected chi connectivity index (χ4v) is 4.90. The van der Waals surface area contributed by atoms with Crippen molar-refractivity contribution in [1.29, 1.82) is 5.26 Å². The van der Waals surface area contributed by atoms with Gasteiger partial charge in [0.1, 0.15) is 0 Å². The Kier molecular flexibility index (Phi) is 7.43. The van der Waals surface area contributed by atoms with Gasteiger partial charge in [0.05, 0.1) is 17.4 Å². The standard InChI is InChI=1S/C25H28N6OS/c1-3-31-24(22-6-4-5-19(2)15-22)27-28-25(31)33-18-23(32)30-13-11-29(12-14-30)17-21-9-7-20(16-26)8-10-21/h4-10,15H,3,11-14,17-18H2,1-2H3. The summed E-state index contributed by atoms with van der Waals surface area (Å²) >= 11 is 1.46. The van der Waals surface area contributed by atoms with Crippen LogP contribution in [-0.4, -0.2) is 62.4 Å². The summed E-state index contributed by atoms with van der Waals surface area (Å²) in [5, 5.41) is 18.5. The number of amides is 1. The van der Waals surface area contributed by atoms with Gasteiger partial charge in [0.25, 0.3) is 0 Å². The molecule has 1 aromatic heterocycles. The van der Waals surface area contributed by atoms with Gasteiger partial charge >= 0.3 is 0 Å². The molecule has 7 nitrogen and oxygen atoms in total. The van der Waals surface area contributed by atoms with Crippen molar-refractivity contribution in [3.05, 3.63) is 65.2 Å². The molecule has 33 heavy (non-hydrogen) atoms. The second kappa shape index (κ2) is 10.6. The molecule has 1 aliphatic heterocycles. The van der Waals surface area contributed by atoms with Crippen LogP contribution in [0.4, 0.5) is 0 Å². The van der Waals surface area contributed by atoms with Crippen LogP contribution in [0.5, 0.6) is 0 Å². The molecule has 4 rings (SSSR count). The molecular weight excluding hydrogens is 432 g/mol. The number of nitriles is 1. The third-order valence-corrected chi connectivity index (χ3v) is 6.80. The molecule has 0 atom stereocenters. The Bertz CT molecular complexity index is 1140. The Hall–Kier alpha value is -3.15. The average molecular weight is 461 g/mol. The van der Waals surface area contributed by atoms with Gasteiger partial charge in [-0.15, -0.1) is 10.2 Å². The Balaban J connectivity index is 1.29. The highest BCUT2D eigenvalue weighted by atomic mass is 32.2. The Morgan fingerprint density at radius 3 is 2.52 bits per heavy atom. The number of hydrogen-bond acceptors (Lipinski definition) is 6. The predicted molar refractivity (Wildman–Crippen MR) is 130 cm³/mol. The number of thioether (sulfide) groups is 1. The summed E-state index contributed by atoms with van der Waals surface area (Å²) in [4.78, 5) is 17.1. The molecule has 0 spiro atoms. The minimum absolute atomic E-state index is 0.140. The topological polar surface area (TPSA) is 78.0 Å². The number of carbonyl (C=O) groups is 1. The number of rotatable bonds is 7. The molecule has 1 saturated heterocycles. The lowest BCUT2D eigenvalue weighted by molar-refractivity contribution is -0.130. The van der Waals surface area contributed by atoms with Crippen LogP contribution in [0, 0.1) is 18.3 Å². The molecule has 0 bridgehead atoms. The molecule has 8 heteroatoms. The first-order valence-electron chi connectivity index (χ1n) is 11.2. The van der Waals surface area contributed by atoms with Gasteiger partial charge in [-0.25, -0.2) is 0 Å². The van der Waals surface area contributed by atoms with Crippen molar-refractivity contribution >= 4 is 17.7 Å². The van der Waals surface area contributed by atoms with Crippen molar-refractivity contribution in [1.82, 2.24) is 24.6 Å². The first-order valence-corrected chi connectivity index (χ1v) is 12.2.